The highest BCUT2D eigenvalue weighted by atomic mass is 16.8. The lowest BCUT2D eigenvalue weighted by molar-refractivity contribution is -0.435. The number of hydrogen-bond acceptors (Lipinski definition) is 12. The van der Waals surface area contributed by atoms with Crippen LogP contribution in [0.15, 0.2) is 11.6 Å². The van der Waals surface area contributed by atoms with Crippen LogP contribution in [0.3, 0.4) is 0 Å². The molecule has 0 aromatic heterocycles. The fourth-order valence-corrected chi connectivity index (χ4v) is 13.2. The first kappa shape index (κ1) is 37.2. The fourth-order valence-electron chi connectivity index (χ4n) is 13.2. The number of aliphatic hydroxyl groups is 7. The summed E-state index contributed by atoms with van der Waals surface area (Å²) in [5, 5.41) is 79.0. The number of ether oxygens (including phenoxy) is 4. The Morgan fingerprint density at radius 2 is 1.63 bits per heavy atom. The van der Waals surface area contributed by atoms with Gasteiger partial charge in [-0.3, -0.25) is 5.32 Å². The van der Waals surface area contributed by atoms with E-state index in [1.165, 1.54) is 18.4 Å². The fraction of sp³-hybridized carbons (Fsp3) is 0.949. The van der Waals surface area contributed by atoms with Gasteiger partial charge in [-0.25, -0.2) is 0 Å². The summed E-state index contributed by atoms with van der Waals surface area (Å²) in [5.74, 6) is 0.947. The van der Waals surface area contributed by atoms with Gasteiger partial charge in [-0.05, 0) is 105 Å². The summed E-state index contributed by atoms with van der Waals surface area (Å²) in [6.07, 6.45) is -2.09. The quantitative estimate of drug-likeness (QED) is 0.196. The Kier molecular flexibility index (Phi) is 9.42. The number of piperidine rings is 1. The van der Waals surface area contributed by atoms with Crippen LogP contribution in [0.4, 0.5) is 0 Å². The number of hydrogen-bond donors (Lipinski definition) is 8. The third-order valence-electron chi connectivity index (χ3n) is 16.2. The second-order valence-electron chi connectivity index (χ2n) is 18.6. The molecule has 0 radical (unpaired) electrons. The van der Waals surface area contributed by atoms with Crippen molar-refractivity contribution in [1.29, 1.82) is 0 Å². The average molecular weight is 722 g/mol. The highest BCUT2D eigenvalue weighted by molar-refractivity contribution is 5.27. The molecule has 4 saturated heterocycles. The van der Waals surface area contributed by atoms with Gasteiger partial charge in [-0.2, -0.15) is 0 Å². The third kappa shape index (κ3) is 5.36. The molecule has 0 aromatic rings. The summed E-state index contributed by atoms with van der Waals surface area (Å²) in [4.78, 5) is 0. The molecule has 51 heavy (non-hydrogen) atoms. The first-order chi connectivity index (χ1) is 24.1. The van der Waals surface area contributed by atoms with Crippen molar-refractivity contribution < 1.29 is 54.7 Å². The van der Waals surface area contributed by atoms with Crippen molar-refractivity contribution in [2.24, 2.45) is 52.3 Å². The van der Waals surface area contributed by atoms with Crippen LogP contribution in [0.5, 0.6) is 0 Å². The first-order valence-electron chi connectivity index (χ1n) is 19.9. The molecule has 21 atom stereocenters. The molecular weight excluding hydrogens is 658 g/mol. The van der Waals surface area contributed by atoms with E-state index >= 15 is 0 Å². The van der Waals surface area contributed by atoms with E-state index in [2.05, 4.69) is 39.1 Å². The van der Waals surface area contributed by atoms with Crippen LogP contribution < -0.4 is 5.32 Å². The summed E-state index contributed by atoms with van der Waals surface area (Å²) < 4.78 is 25.5. The van der Waals surface area contributed by atoms with E-state index in [4.69, 9.17) is 18.9 Å². The van der Waals surface area contributed by atoms with Crippen LogP contribution in [0.1, 0.15) is 92.4 Å². The maximum Gasteiger partial charge on any atom is 0.203 e. The van der Waals surface area contributed by atoms with Crippen LogP contribution >= 0.6 is 0 Å². The first-order valence-corrected chi connectivity index (χ1v) is 19.9. The largest absolute Gasteiger partial charge is 0.394 e. The number of fused-ring (bicyclic) bond motifs is 7. The van der Waals surface area contributed by atoms with E-state index in [1.54, 1.807) is 6.92 Å². The molecule has 7 fully saturated rings. The molecule has 4 heterocycles. The molecule has 12 nitrogen and oxygen atoms in total. The Balaban J connectivity index is 1.05. The number of allylic oxidation sites excluding steroid dienone is 2. The zero-order valence-corrected chi connectivity index (χ0v) is 30.9. The molecule has 0 bridgehead atoms. The minimum absolute atomic E-state index is 0.0685. The molecule has 8 aliphatic rings. The molecule has 8 N–H and O–H groups in total. The molecule has 0 unspecified atom stereocenters. The van der Waals surface area contributed by atoms with Crippen molar-refractivity contribution in [3.8, 4) is 0 Å². The van der Waals surface area contributed by atoms with E-state index in [-0.39, 0.29) is 22.7 Å². The van der Waals surface area contributed by atoms with Gasteiger partial charge in [0.25, 0.3) is 0 Å². The zero-order valence-electron chi connectivity index (χ0n) is 30.9. The van der Waals surface area contributed by atoms with Crippen molar-refractivity contribution in [3.05, 3.63) is 11.6 Å². The molecule has 4 aliphatic carbocycles. The van der Waals surface area contributed by atoms with Gasteiger partial charge < -0.3 is 54.7 Å². The van der Waals surface area contributed by atoms with Crippen LogP contribution in [-0.2, 0) is 18.9 Å². The highest BCUT2D eigenvalue weighted by Gasteiger charge is 2.69. The Bertz CT molecular complexity index is 1340. The van der Waals surface area contributed by atoms with Crippen LogP contribution in [0, 0.1) is 52.3 Å². The number of nitrogens with one attached hydrogen (secondary N) is 1. The Labute approximate surface area is 301 Å². The summed E-state index contributed by atoms with van der Waals surface area (Å²) >= 11 is 0. The molecule has 290 valence electrons. The maximum atomic E-state index is 11.7. The third-order valence-corrected chi connectivity index (χ3v) is 16.2. The van der Waals surface area contributed by atoms with Crippen LogP contribution in [-0.4, -0.2) is 122 Å². The van der Waals surface area contributed by atoms with Crippen molar-refractivity contribution in [1.82, 2.24) is 5.32 Å². The molecular formula is C39H63NO11. The standard InChI is InChI=1S/C39H63NO11/c1-18-8-13-38(40-16-18)19(2)28-26(50-38)15-25-23-7-6-21-14-22(9-11-36(21,4)24(23)10-12-37(25,28)5)39(34(47)32(45)29(42)20(3)49-39)51-35-33(46)31(44)30(43)27(17-41)48-35/h6,18-20,22-35,40-47H,7-17H2,1-5H3/t18-,19+,20+,22-,23-,24+,25+,26+,27-,28+,29+,30-,31+,32-,33-,34-,35+,36+,37+,38+,39+/m1/s1. The Hall–Kier alpha value is -0.740. The summed E-state index contributed by atoms with van der Waals surface area (Å²) in [6, 6.07) is 0. The molecule has 0 amide bonds. The molecule has 12 heteroatoms. The van der Waals surface area contributed by atoms with E-state index in [1.807, 2.05) is 0 Å². The van der Waals surface area contributed by atoms with Crippen molar-refractivity contribution in [2.75, 3.05) is 13.2 Å². The Morgan fingerprint density at radius 3 is 2.33 bits per heavy atom. The van der Waals surface area contributed by atoms with Gasteiger partial charge >= 0.3 is 0 Å². The summed E-state index contributed by atoms with van der Waals surface area (Å²) in [5.41, 5.74) is 1.26. The second kappa shape index (κ2) is 12.9. The maximum absolute atomic E-state index is 11.7. The lowest BCUT2D eigenvalue weighted by Crippen LogP contribution is -2.71. The summed E-state index contributed by atoms with van der Waals surface area (Å²) in [6.45, 7) is 11.7. The van der Waals surface area contributed by atoms with E-state index in [0.29, 0.717) is 48.3 Å². The number of aliphatic hydroxyl groups excluding tert-OH is 7. The van der Waals surface area contributed by atoms with Gasteiger partial charge in [0.1, 0.15) is 48.5 Å². The average Bonchev–Trinajstić information content (AvgIpc) is 3.56. The van der Waals surface area contributed by atoms with Gasteiger partial charge in [-0.15, -0.1) is 0 Å². The zero-order chi connectivity index (χ0) is 36.4. The monoisotopic (exact) mass is 721 g/mol. The molecule has 3 saturated carbocycles. The van der Waals surface area contributed by atoms with E-state index in [0.717, 1.165) is 38.6 Å². The topological polar surface area (TPSA) is 191 Å². The summed E-state index contributed by atoms with van der Waals surface area (Å²) in [7, 11) is 0. The van der Waals surface area contributed by atoms with Gasteiger partial charge in [0, 0.05) is 18.4 Å². The van der Waals surface area contributed by atoms with Crippen molar-refractivity contribution >= 4 is 0 Å². The Morgan fingerprint density at radius 1 is 0.863 bits per heavy atom. The minimum atomic E-state index is -1.91. The van der Waals surface area contributed by atoms with Crippen molar-refractivity contribution in [2.45, 2.75) is 165 Å². The van der Waals surface area contributed by atoms with Crippen LogP contribution in [0.25, 0.3) is 0 Å². The van der Waals surface area contributed by atoms with E-state index in [9.17, 15) is 35.7 Å². The van der Waals surface area contributed by atoms with Gasteiger partial charge in [0.05, 0.1) is 18.8 Å². The van der Waals surface area contributed by atoms with E-state index < -0.39 is 73.4 Å². The lowest BCUT2D eigenvalue weighted by atomic mass is 9.46. The smallest absolute Gasteiger partial charge is 0.203 e. The molecule has 4 aliphatic heterocycles. The van der Waals surface area contributed by atoms with Gasteiger partial charge in [0.2, 0.25) is 5.79 Å². The predicted molar refractivity (Wildman–Crippen MR) is 183 cm³/mol. The lowest BCUT2D eigenvalue weighted by Gasteiger charge is -2.60. The highest BCUT2D eigenvalue weighted by Crippen LogP contribution is 2.71. The second-order valence-corrected chi connectivity index (χ2v) is 18.6. The SMILES string of the molecule is C[C@@H]1CC[C@]2(NC1)O[C@H]1C[C@H]3[C@@H]4CC=C5C[C@H]([C@@]6(O[C@@H]7O[C@H](CO)[C@@H](O)[C@H](O)[C@H]7O)O[C@@H](C)[C@H](O)[C@@H](O)[C@H]6O)CC[C@]5(C)[C@H]4CC[C@]3(C)[C@H]1[C@@H]2C. The van der Waals surface area contributed by atoms with Crippen LogP contribution in [0.2, 0.25) is 0 Å². The minimum Gasteiger partial charge on any atom is -0.394 e. The van der Waals surface area contributed by atoms with Crippen molar-refractivity contribution in [3.63, 3.8) is 0 Å². The number of rotatable bonds is 4. The van der Waals surface area contributed by atoms with Gasteiger partial charge in [0.15, 0.2) is 6.29 Å². The molecule has 8 rings (SSSR count). The van der Waals surface area contributed by atoms with Gasteiger partial charge in [-0.1, -0.05) is 39.3 Å². The predicted octanol–water partition coefficient (Wildman–Crippen LogP) is 1.56. The molecule has 0 aromatic carbocycles. The normalized spacial score (nSPS) is 59.8. The molecule has 1 spiro atoms.